The molecule has 0 saturated heterocycles. The number of carbonyl (C=O) groups is 1. The van der Waals surface area contributed by atoms with E-state index in [9.17, 15) is 9.18 Å². The monoisotopic (exact) mass is 329 g/mol. The molecule has 1 N–H and O–H groups in total. The highest BCUT2D eigenvalue weighted by atomic mass is 19.1. The Morgan fingerprint density at radius 2 is 1.96 bits per heavy atom. The Kier molecular flexibility index (Phi) is 4.99. The Balaban J connectivity index is 1.56. The Hall–Kier alpha value is -2.56. The normalized spacial score (nSPS) is 14.1. The number of nitrogens with one attached hydrogen (secondary N) is 1. The lowest BCUT2D eigenvalue weighted by Crippen LogP contribution is -2.27. The molecule has 1 unspecified atom stereocenters. The van der Waals surface area contributed by atoms with E-state index in [4.69, 9.17) is 9.47 Å². The van der Waals surface area contributed by atoms with Crippen molar-refractivity contribution in [1.29, 1.82) is 0 Å². The second-order valence-electron chi connectivity index (χ2n) is 5.82. The van der Waals surface area contributed by atoms with Gasteiger partial charge in [-0.15, -0.1) is 0 Å². The van der Waals surface area contributed by atoms with Crippen LogP contribution in [0.15, 0.2) is 42.5 Å². The average Bonchev–Trinajstić information content (AvgIpc) is 2.59. The van der Waals surface area contributed by atoms with E-state index in [2.05, 4.69) is 5.32 Å². The molecular formula is C19H20FNO3. The summed E-state index contributed by atoms with van der Waals surface area (Å²) in [5.41, 5.74) is 1.77. The van der Waals surface area contributed by atoms with Gasteiger partial charge in [0.2, 0.25) is 5.91 Å². The maximum atomic E-state index is 13.1. The highest BCUT2D eigenvalue weighted by molar-refractivity contribution is 5.76. The number of ether oxygens (including phenoxy) is 2. The zero-order valence-corrected chi connectivity index (χ0v) is 13.5. The van der Waals surface area contributed by atoms with Gasteiger partial charge in [0.1, 0.15) is 19.0 Å². The van der Waals surface area contributed by atoms with Crippen LogP contribution in [0.2, 0.25) is 0 Å². The molecule has 2 aromatic rings. The summed E-state index contributed by atoms with van der Waals surface area (Å²) in [6.07, 6.45) is 0.829. The molecule has 5 heteroatoms. The van der Waals surface area contributed by atoms with Gasteiger partial charge < -0.3 is 14.8 Å². The number of rotatable bonds is 5. The molecule has 2 aromatic carbocycles. The molecule has 0 bridgehead atoms. The third-order valence-electron chi connectivity index (χ3n) is 3.97. The zero-order chi connectivity index (χ0) is 16.9. The molecular weight excluding hydrogens is 309 g/mol. The molecule has 0 aliphatic carbocycles. The van der Waals surface area contributed by atoms with Crippen molar-refractivity contribution in [3.05, 3.63) is 59.4 Å². The Morgan fingerprint density at radius 1 is 1.17 bits per heavy atom. The molecule has 0 aromatic heterocycles. The highest BCUT2D eigenvalue weighted by Crippen LogP contribution is 2.32. The minimum atomic E-state index is -0.280. The van der Waals surface area contributed by atoms with Gasteiger partial charge in [0.05, 0.1) is 6.04 Å². The molecule has 0 spiro atoms. The molecule has 3 rings (SSSR count). The number of benzene rings is 2. The number of carbonyl (C=O) groups excluding carboxylic acids is 1. The Labute approximate surface area is 140 Å². The minimum Gasteiger partial charge on any atom is -0.486 e. The van der Waals surface area contributed by atoms with Gasteiger partial charge in [0.15, 0.2) is 11.5 Å². The lowest BCUT2D eigenvalue weighted by Gasteiger charge is -2.21. The number of amides is 1. The predicted octanol–water partition coefficient (Wildman–Crippen LogP) is 3.41. The Morgan fingerprint density at radius 3 is 2.75 bits per heavy atom. The van der Waals surface area contributed by atoms with Crippen LogP contribution >= 0.6 is 0 Å². The average molecular weight is 329 g/mol. The van der Waals surface area contributed by atoms with Gasteiger partial charge in [-0.25, -0.2) is 4.39 Å². The smallest absolute Gasteiger partial charge is 0.220 e. The summed E-state index contributed by atoms with van der Waals surface area (Å²) in [5.74, 6) is 1.09. The molecule has 1 amide bonds. The maximum Gasteiger partial charge on any atom is 0.220 e. The molecule has 1 aliphatic heterocycles. The van der Waals surface area contributed by atoms with Crippen LogP contribution in [0, 0.1) is 5.82 Å². The van der Waals surface area contributed by atoms with Crippen molar-refractivity contribution in [3.8, 4) is 11.5 Å². The second kappa shape index (κ2) is 7.34. The van der Waals surface area contributed by atoms with Crippen LogP contribution in [0.3, 0.4) is 0 Å². The van der Waals surface area contributed by atoms with E-state index in [0.717, 1.165) is 16.9 Å². The van der Waals surface area contributed by atoms with Crippen LogP contribution < -0.4 is 14.8 Å². The Bertz CT molecular complexity index is 732. The number of hydrogen-bond donors (Lipinski definition) is 1. The van der Waals surface area contributed by atoms with Gasteiger partial charge in [-0.1, -0.05) is 18.2 Å². The van der Waals surface area contributed by atoms with Crippen molar-refractivity contribution in [3.63, 3.8) is 0 Å². The molecule has 1 aliphatic rings. The first-order chi connectivity index (χ1) is 11.6. The van der Waals surface area contributed by atoms with Crippen molar-refractivity contribution >= 4 is 5.91 Å². The molecule has 1 atom stereocenters. The van der Waals surface area contributed by atoms with Crippen LogP contribution in [0.25, 0.3) is 0 Å². The van der Waals surface area contributed by atoms with Crippen LogP contribution in [0.1, 0.15) is 30.5 Å². The van der Waals surface area contributed by atoms with Gasteiger partial charge in [-0.2, -0.15) is 0 Å². The fraction of sp³-hybridized carbons (Fsp3) is 0.316. The van der Waals surface area contributed by atoms with Gasteiger partial charge in [0.25, 0.3) is 0 Å². The molecule has 0 fully saturated rings. The highest BCUT2D eigenvalue weighted by Gasteiger charge is 2.15. The fourth-order valence-electron chi connectivity index (χ4n) is 2.68. The third kappa shape index (κ3) is 4.04. The van der Waals surface area contributed by atoms with E-state index in [1.165, 1.54) is 12.1 Å². The number of halogens is 1. The van der Waals surface area contributed by atoms with Gasteiger partial charge in [-0.3, -0.25) is 4.79 Å². The van der Waals surface area contributed by atoms with E-state index in [1.807, 2.05) is 31.2 Å². The van der Waals surface area contributed by atoms with E-state index >= 15 is 0 Å². The molecule has 126 valence electrons. The maximum absolute atomic E-state index is 13.1. The van der Waals surface area contributed by atoms with Crippen LogP contribution in [-0.2, 0) is 11.2 Å². The first-order valence-electron chi connectivity index (χ1n) is 8.05. The third-order valence-corrected chi connectivity index (χ3v) is 3.97. The van der Waals surface area contributed by atoms with Crippen molar-refractivity contribution in [2.24, 2.45) is 0 Å². The zero-order valence-electron chi connectivity index (χ0n) is 13.5. The summed E-state index contributed by atoms with van der Waals surface area (Å²) in [6, 6.07) is 11.9. The van der Waals surface area contributed by atoms with Crippen LogP contribution in [0.4, 0.5) is 4.39 Å². The first-order valence-corrected chi connectivity index (χ1v) is 8.05. The summed E-state index contributed by atoms with van der Waals surface area (Å²) in [5, 5.41) is 2.96. The largest absolute Gasteiger partial charge is 0.486 e. The van der Waals surface area contributed by atoms with Gasteiger partial charge in [0, 0.05) is 6.42 Å². The van der Waals surface area contributed by atoms with Gasteiger partial charge in [-0.05, 0) is 48.7 Å². The number of hydrogen-bond acceptors (Lipinski definition) is 3. The summed E-state index contributed by atoms with van der Waals surface area (Å²) < 4.78 is 24.2. The van der Waals surface area contributed by atoms with Crippen molar-refractivity contribution < 1.29 is 18.7 Å². The quantitative estimate of drug-likeness (QED) is 0.914. The first kappa shape index (κ1) is 16.3. The predicted molar refractivity (Wildman–Crippen MR) is 88.7 cm³/mol. The molecule has 24 heavy (non-hydrogen) atoms. The number of aryl methyl sites for hydroxylation is 1. The van der Waals surface area contributed by atoms with E-state index < -0.39 is 0 Å². The number of fused-ring (bicyclic) bond motifs is 1. The van der Waals surface area contributed by atoms with Gasteiger partial charge >= 0.3 is 0 Å². The summed E-state index contributed by atoms with van der Waals surface area (Å²) in [4.78, 5) is 12.1. The van der Waals surface area contributed by atoms with Crippen molar-refractivity contribution in [1.82, 2.24) is 5.32 Å². The second-order valence-corrected chi connectivity index (χ2v) is 5.82. The van der Waals surface area contributed by atoms with E-state index in [1.54, 1.807) is 6.07 Å². The van der Waals surface area contributed by atoms with E-state index in [-0.39, 0.29) is 17.8 Å². The molecule has 0 saturated carbocycles. The minimum absolute atomic E-state index is 0.0679. The van der Waals surface area contributed by atoms with Crippen LogP contribution in [-0.4, -0.2) is 19.1 Å². The fourth-order valence-corrected chi connectivity index (χ4v) is 2.68. The topological polar surface area (TPSA) is 47.6 Å². The summed E-state index contributed by atoms with van der Waals surface area (Å²) >= 11 is 0. The van der Waals surface area contributed by atoms with Crippen molar-refractivity contribution in [2.45, 2.75) is 25.8 Å². The molecule has 1 heterocycles. The summed E-state index contributed by atoms with van der Waals surface area (Å²) in [6.45, 7) is 3.01. The lowest BCUT2D eigenvalue weighted by atomic mass is 10.1. The van der Waals surface area contributed by atoms with Crippen LogP contribution in [0.5, 0.6) is 11.5 Å². The standard InChI is InChI=1S/C19H20FNO3/c1-13(15-6-7-17-18(12-15)24-10-9-23-17)21-19(22)8-5-14-3-2-4-16(20)11-14/h2-4,6-7,11-13H,5,8-10H2,1H3,(H,21,22). The molecule has 4 nitrogen and oxygen atoms in total. The van der Waals surface area contributed by atoms with Crippen molar-refractivity contribution in [2.75, 3.05) is 13.2 Å². The molecule has 0 radical (unpaired) electrons. The summed E-state index contributed by atoms with van der Waals surface area (Å²) in [7, 11) is 0. The van der Waals surface area contributed by atoms with E-state index in [0.29, 0.717) is 31.8 Å². The lowest BCUT2D eigenvalue weighted by molar-refractivity contribution is -0.121. The SMILES string of the molecule is CC(NC(=O)CCc1cccc(F)c1)c1ccc2c(c1)OCCO2.